The summed E-state index contributed by atoms with van der Waals surface area (Å²) in [7, 11) is 1.80. The molecule has 0 bridgehead atoms. The minimum atomic E-state index is -0.1000. The predicted octanol–water partition coefficient (Wildman–Crippen LogP) is 2.80. The van der Waals surface area contributed by atoms with Gasteiger partial charge in [0.1, 0.15) is 17.5 Å². The fourth-order valence-electron chi connectivity index (χ4n) is 2.84. The van der Waals surface area contributed by atoms with E-state index in [9.17, 15) is 4.79 Å². The summed E-state index contributed by atoms with van der Waals surface area (Å²) in [4.78, 5) is 12.4. The molecule has 3 rings (SSSR count). The van der Waals surface area contributed by atoms with Gasteiger partial charge in [0.25, 0.3) is 5.91 Å². The Morgan fingerprint density at radius 1 is 1.43 bits per heavy atom. The van der Waals surface area contributed by atoms with Crippen LogP contribution in [0.4, 0.5) is 0 Å². The molecule has 23 heavy (non-hydrogen) atoms. The number of hydrogen-bond acceptors (Lipinski definition) is 3. The van der Waals surface area contributed by atoms with E-state index in [1.165, 1.54) is 5.56 Å². The van der Waals surface area contributed by atoms with Crippen molar-refractivity contribution in [2.24, 2.45) is 7.05 Å². The lowest BCUT2D eigenvalue weighted by Crippen LogP contribution is -2.25. The first-order valence-electron chi connectivity index (χ1n) is 8.04. The molecule has 0 spiro atoms. The first-order chi connectivity index (χ1) is 10.9. The summed E-state index contributed by atoms with van der Waals surface area (Å²) in [5, 5.41) is 7.35. The Hall–Kier alpha value is -2.30. The molecular formula is C18H23N3O2. The largest absolute Gasteiger partial charge is 0.490 e. The highest BCUT2D eigenvalue weighted by Crippen LogP contribution is 2.29. The summed E-state index contributed by atoms with van der Waals surface area (Å²) in [5.41, 5.74) is 3.82. The molecule has 1 atom stereocenters. The third kappa shape index (κ3) is 3.23. The topological polar surface area (TPSA) is 56.2 Å². The zero-order valence-corrected chi connectivity index (χ0v) is 14.1. The molecular weight excluding hydrogens is 290 g/mol. The standard InChI is InChI=1S/C18H23N3O2/c1-11(2)15-9-16(21(4)20-15)18(22)19-10-13-5-6-17-14(8-13)7-12(3)23-17/h5-6,8-9,11-12H,7,10H2,1-4H3,(H,19,22). The van der Waals surface area contributed by atoms with E-state index in [-0.39, 0.29) is 12.0 Å². The maximum absolute atomic E-state index is 12.4. The van der Waals surface area contributed by atoms with Gasteiger partial charge >= 0.3 is 0 Å². The first kappa shape index (κ1) is 15.6. The van der Waals surface area contributed by atoms with Gasteiger partial charge in [0.05, 0.1) is 5.69 Å². The van der Waals surface area contributed by atoms with Crippen LogP contribution in [0.3, 0.4) is 0 Å². The maximum Gasteiger partial charge on any atom is 0.269 e. The quantitative estimate of drug-likeness (QED) is 0.944. The van der Waals surface area contributed by atoms with E-state index < -0.39 is 0 Å². The highest BCUT2D eigenvalue weighted by Gasteiger charge is 2.19. The molecule has 0 saturated heterocycles. The average Bonchev–Trinajstić information content (AvgIpc) is 3.06. The van der Waals surface area contributed by atoms with Crippen molar-refractivity contribution in [2.75, 3.05) is 0 Å². The zero-order valence-electron chi connectivity index (χ0n) is 14.1. The molecule has 0 aliphatic carbocycles. The van der Waals surface area contributed by atoms with Gasteiger partial charge in [-0.25, -0.2) is 0 Å². The van der Waals surface area contributed by atoms with E-state index in [0.29, 0.717) is 18.2 Å². The minimum Gasteiger partial charge on any atom is -0.490 e. The van der Waals surface area contributed by atoms with Crippen molar-refractivity contribution >= 4 is 5.91 Å². The van der Waals surface area contributed by atoms with E-state index in [2.05, 4.69) is 37.3 Å². The Balaban J connectivity index is 1.67. The van der Waals surface area contributed by atoms with Gasteiger partial charge < -0.3 is 10.1 Å². The van der Waals surface area contributed by atoms with Crippen LogP contribution in [-0.4, -0.2) is 21.8 Å². The fraction of sp³-hybridized carbons (Fsp3) is 0.444. The van der Waals surface area contributed by atoms with Crippen LogP contribution in [0.5, 0.6) is 5.75 Å². The Morgan fingerprint density at radius 2 is 2.22 bits per heavy atom. The van der Waals surface area contributed by atoms with Crippen LogP contribution in [0.2, 0.25) is 0 Å². The average molecular weight is 313 g/mol. The lowest BCUT2D eigenvalue weighted by Gasteiger charge is -2.07. The van der Waals surface area contributed by atoms with Crippen LogP contribution in [0.1, 0.15) is 54.0 Å². The summed E-state index contributed by atoms with van der Waals surface area (Å²) in [6.45, 7) is 6.70. The van der Waals surface area contributed by atoms with Crippen molar-refractivity contribution in [3.8, 4) is 5.75 Å². The van der Waals surface area contributed by atoms with E-state index in [0.717, 1.165) is 23.4 Å². The van der Waals surface area contributed by atoms with Crippen LogP contribution in [-0.2, 0) is 20.0 Å². The summed E-state index contributed by atoms with van der Waals surface area (Å²) < 4.78 is 7.34. The zero-order chi connectivity index (χ0) is 16.6. The molecule has 5 nitrogen and oxygen atoms in total. The number of fused-ring (bicyclic) bond motifs is 1. The second-order valence-electron chi connectivity index (χ2n) is 6.49. The summed E-state index contributed by atoms with van der Waals surface area (Å²) in [6, 6.07) is 7.96. The maximum atomic E-state index is 12.4. The number of benzene rings is 1. The smallest absolute Gasteiger partial charge is 0.269 e. The lowest BCUT2D eigenvalue weighted by atomic mass is 10.1. The van der Waals surface area contributed by atoms with Gasteiger partial charge in [-0.3, -0.25) is 9.48 Å². The Bertz CT molecular complexity index is 734. The van der Waals surface area contributed by atoms with Gasteiger partial charge in [0.15, 0.2) is 0 Å². The van der Waals surface area contributed by atoms with Crippen LogP contribution < -0.4 is 10.1 Å². The van der Waals surface area contributed by atoms with Crippen LogP contribution in [0, 0.1) is 0 Å². The third-order valence-electron chi connectivity index (χ3n) is 4.14. The number of nitrogens with zero attached hydrogens (tertiary/aromatic N) is 2. The number of hydrogen-bond donors (Lipinski definition) is 1. The Kier molecular flexibility index (Phi) is 4.11. The van der Waals surface area contributed by atoms with Gasteiger partial charge in [-0.15, -0.1) is 0 Å². The predicted molar refractivity (Wildman–Crippen MR) is 88.7 cm³/mol. The summed E-state index contributed by atoms with van der Waals surface area (Å²) >= 11 is 0. The van der Waals surface area contributed by atoms with Crippen LogP contribution in [0.15, 0.2) is 24.3 Å². The molecule has 1 unspecified atom stereocenters. The van der Waals surface area contributed by atoms with Gasteiger partial charge in [-0.05, 0) is 36.1 Å². The number of aromatic nitrogens is 2. The number of amides is 1. The van der Waals surface area contributed by atoms with E-state index >= 15 is 0 Å². The Labute approximate surface area is 136 Å². The van der Waals surface area contributed by atoms with Crippen LogP contribution >= 0.6 is 0 Å². The van der Waals surface area contributed by atoms with E-state index in [1.807, 2.05) is 18.2 Å². The van der Waals surface area contributed by atoms with Crippen molar-refractivity contribution < 1.29 is 9.53 Å². The molecule has 1 N–H and O–H groups in total. The van der Waals surface area contributed by atoms with Crippen molar-refractivity contribution in [1.29, 1.82) is 0 Å². The summed E-state index contributed by atoms with van der Waals surface area (Å²) in [5.74, 6) is 1.17. The number of carbonyl (C=O) groups excluding carboxylic acids is 1. The number of rotatable bonds is 4. The second kappa shape index (κ2) is 6.07. The van der Waals surface area contributed by atoms with E-state index in [1.54, 1.807) is 11.7 Å². The molecule has 1 aliphatic rings. The number of carbonyl (C=O) groups is 1. The van der Waals surface area contributed by atoms with Crippen molar-refractivity contribution in [3.05, 3.63) is 46.8 Å². The molecule has 0 radical (unpaired) electrons. The number of nitrogens with one attached hydrogen (secondary N) is 1. The molecule has 1 amide bonds. The fourth-order valence-corrected chi connectivity index (χ4v) is 2.84. The molecule has 2 aromatic rings. The lowest BCUT2D eigenvalue weighted by molar-refractivity contribution is 0.0941. The number of aryl methyl sites for hydroxylation is 1. The van der Waals surface area contributed by atoms with E-state index in [4.69, 9.17) is 4.74 Å². The van der Waals surface area contributed by atoms with Crippen molar-refractivity contribution in [3.63, 3.8) is 0 Å². The SMILES string of the molecule is CC1Cc2cc(CNC(=O)c3cc(C(C)C)nn3C)ccc2O1. The van der Waals surface area contributed by atoms with Gasteiger partial charge in [0.2, 0.25) is 0 Å². The highest BCUT2D eigenvalue weighted by molar-refractivity contribution is 5.92. The molecule has 122 valence electrons. The normalized spacial score (nSPS) is 16.3. The summed E-state index contributed by atoms with van der Waals surface area (Å²) in [6.07, 6.45) is 1.16. The van der Waals surface area contributed by atoms with Crippen molar-refractivity contribution in [1.82, 2.24) is 15.1 Å². The van der Waals surface area contributed by atoms with Gasteiger partial charge in [0, 0.05) is 20.0 Å². The molecule has 0 fully saturated rings. The molecule has 2 heterocycles. The van der Waals surface area contributed by atoms with Crippen LogP contribution in [0.25, 0.3) is 0 Å². The first-order valence-corrected chi connectivity index (χ1v) is 8.04. The monoisotopic (exact) mass is 313 g/mol. The molecule has 1 aromatic carbocycles. The molecule has 1 aliphatic heterocycles. The van der Waals surface area contributed by atoms with Crippen molar-refractivity contribution in [2.45, 2.75) is 45.8 Å². The van der Waals surface area contributed by atoms with Gasteiger partial charge in [-0.2, -0.15) is 5.10 Å². The molecule has 0 saturated carbocycles. The molecule has 5 heteroatoms. The highest BCUT2D eigenvalue weighted by atomic mass is 16.5. The number of ether oxygens (including phenoxy) is 1. The minimum absolute atomic E-state index is 0.1000. The second-order valence-corrected chi connectivity index (χ2v) is 6.49. The molecule has 1 aromatic heterocycles. The Morgan fingerprint density at radius 3 is 2.91 bits per heavy atom. The third-order valence-corrected chi connectivity index (χ3v) is 4.14. The van der Waals surface area contributed by atoms with Gasteiger partial charge in [-0.1, -0.05) is 26.0 Å².